The first-order chi connectivity index (χ1) is 15.5. The minimum atomic E-state index is -5.83. The third-order valence-corrected chi connectivity index (χ3v) is 8.25. The number of ether oxygens (including phenoxy) is 1. The van der Waals surface area contributed by atoms with Gasteiger partial charge in [0.25, 0.3) is 0 Å². The zero-order valence-corrected chi connectivity index (χ0v) is 19.1. The van der Waals surface area contributed by atoms with Gasteiger partial charge in [-0.2, -0.15) is 19.0 Å². The van der Waals surface area contributed by atoms with Crippen molar-refractivity contribution in [1.82, 2.24) is 14.6 Å². The Morgan fingerprint density at radius 3 is 2.38 bits per heavy atom. The first-order valence-corrected chi connectivity index (χ1v) is 13.1. The van der Waals surface area contributed by atoms with Gasteiger partial charge in [0.05, 0.1) is 5.69 Å². The molecule has 2 aromatic heterocycles. The van der Waals surface area contributed by atoms with Crippen LogP contribution in [0.1, 0.15) is 5.69 Å². The van der Waals surface area contributed by atoms with Gasteiger partial charge in [-0.15, -0.1) is 0 Å². The Balaban J connectivity index is 1.87. The van der Waals surface area contributed by atoms with E-state index in [4.69, 9.17) is 26.0 Å². The van der Waals surface area contributed by atoms with Gasteiger partial charge in [0, 0.05) is 0 Å². The van der Waals surface area contributed by atoms with Crippen LogP contribution in [0, 0.1) is 11.3 Å². The topological polar surface area (TPSA) is 316 Å². The SMILES string of the molecule is N#C[C@@]1(c2ccc3c(N)ncnn23)O[C@](N)(COP(=O)(O)OP(=O)(O)OP(=O)(O)O)[C@@H](O)[C@H]1O. The van der Waals surface area contributed by atoms with Crippen LogP contribution in [-0.2, 0) is 37.2 Å². The third-order valence-electron chi connectivity index (χ3n) is 4.46. The number of nitriles is 1. The molecule has 0 amide bonds. The van der Waals surface area contributed by atoms with Gasteiger partial charge in [-0.05, 0) is 12.1 Å². The lowest BCUT2D eigenvalue weighted by molar-refractivity contribution is -0.129. The number of hydrogen-bond donors (Lipinski definition) is 8. The fourth-order valence-electron chi connectivity index (χ4n) is 3.09. The number of nitrogen functional groups attached to an aromatic ring is 1. The van der Waals surface area contributed by atoms with Crippen LogP contribution in [0.25, 0.3) is 5.52 Å². The molecule has 1 aliphatic heterocycles. The number of phosphoric ester groups is 1. The number of nitrogens with two attached hydrogens (primary N) is 2. The molecule has 0 aromatic carbocycles. The highest BCUT2D eigenvalue weighted by atomic mass is 31.3. The van der Waals surface area contributed by atoms with Crippen LogP contribution in [-0.4, -0.2) is 68.9 Å². The van der Waals surface area contributed by atoms with E-state index in [1.807, 2.05) is 0 Å². The molecular formula is C12H17N6O13P3. The van der Waals surface area contributed by atoms with E-state index in [9.17, 15) is 39.0 Å². The zero-order chi connectivity index (χ0) is 25.7. The van der Waals surface area contributed by atoms with Crippen molar-refractivity contribution in [2.24, 2.45) is 5.73 Å². The lowest BCUT2D eigenvalue weighted by atomic mass is 9.91. The lowest BCUT2D eigenvalue weighted by Crippen LogP contribution is -2.54. The molecule has 1 fully saturated rings. The number of phosphoric acid groups is 3. The standard InChI is InChI=1S/C12H17N6O13P3/c13-3-11(7-2-1-6-10(14)16-5-17-18(6)7)8(19)9(20)12(15,29-11)4-28-33(24,25)31-34(26,27)30-32(21,22)23/h1-2,5,8-9,19-20H,4,15H2,(H,24,25)(H,26,27)(H2,14,16,17)(H2,21,22,23)/t8-,9+,11+,12-/m1/s1. The first kappa shape index (κ1) is 26.8. The highest BCUT2D eigenvalue weighted by molar-refractivity contribution is 7.66. The van der Waals surface area contributed by atoms with Crippen LogP contribution in [0.4, 0.5) is 5.82 Å². The van der Waals surface area contributed by atoms with Crippen molar-refractivity contribution in [3.8, 4) is 6.07 Å². The summed E-state index contributed by atoms with van der Waals surface area (Å²) in [4.78, 5) is 39.6. The Bertz CT molecular complexity index is 1290. The summed E-state index contributed by atoms with van der Waals surface area (Å²) in [7, 11) is -17.1. The second-order valence-corrected chi connectivity index (χ2v) is 11.2. The maximum Gasteiger partial charge on any atom is 0.490 e. The van der Waals surface area contributed by atoms with Gasteiger partial charge in [-0.3, -0.25) is 10.3 Å². The molecule has 34 heavy (non-hydrogen) atoms. The molecule has 0 spiro atoms. The molecular weight excluding hydrogens is 529 g/mol. The fourth-order valence-corrected chi connectivity index (χ4v) is 6.15. The van der Waals surface area contributed by atoms with Gasteiger partial charge in [-0.25, -0.2) is 23.2 Å². The van der Waals surface area contributed by atoms with Crippen LogP contribution in [0.3, 0.4) is 0 Å². The van der Waals surface area contributed by atoms with E-state index in [1.54, 1.807) is 6.07 Å². The van der Waals surface area contributed by atoms with Crippen LogP contribution in [0.2, 0.25) is 0 Å². The van der Waals surface area contributed by atoms with E-state index in [0.717, 1.165) is 10.8 Å². The molecule has 1 saturated heterocycles. The summed E-state index contributed by atoms with van der Waals surface area (Å²) in [6.07, 6.45) is -3.23. The van der Waals surface area contributed by atoms with Gasteiger partial charge < -0.3 is 40.3 Å². The van der Waals surface area contributed by atoms with Crippen LogP contribution >= 0.6 is 23.5 Å². The Morgan fingerprint density at radius 2 is 1.79 bits per heavy atom. The van der Waals surface area contributed by atoms with Gasteiger partial charge in [0.15, 0.2) is 11.5 Å². The van der Waals surface area contributed by atoms with E-state index < -0.39 is 53.6 Å². The maximum atomic E-state index is 12.0. The van der Waals surface area contributed by atoms with E-state index in [-0.39, 0.29) is 17.0 Å². The summed E-state index contributed by atoms with van der Waals surface area (Å²) < 4.78 is 52.1. The summed E-state index contributed by atoms with van der Waals surface area (Å²) in [5.41, 5.74) is 6.56. The van der Waals surface area contributed by atoms with Crippen molar-refractivity contribution in [3.63, 3.8) is 0 Å². The number of aliphatic hydroxyl groups excluding tert-OH is 2. The number of hydrogen-bond acceptors (Lipinski definition) is 14. The van der Waals surface area contributed by atoms with Gasteiger partial charge >= 0.3 is 23.5 Å². The smallest absolute Gasteiger partial charge is 0.386 e. The third kappa shape index (κ3) is 5.06. The van der Waals surface area contributed by atoms with Gasteiger partial charge in [0.2, 0.25) is 5.60 Å². The molecule has 10 N–H and O–H groups in total. The molecule has 6 atom stereocenters. The molecule has 0 aliphatic carbocycles. The second-order valence-electron chi connectivity index (χ2n) is 6.82. The summed E-state index contributed by atoms with van der Waals surface area (Å²) in [6.45, 7) is -1.35. The summed E-state index contributed by atoms with van der Waals surface area (Å²) in [5, 5.41) is 34.8. The highest BCUT2D eigenvalue weighted by Crippen LogP contribution is 2.66. The number of nitrogens with zero attached hydrogens (tertiary/aromatic N) is 4. The Labute approximate surface area is 188 Å². The monoisotopic (exact) mass is 546 g/mol. The predicted octanol–water partition coefficient (Wildman–Crippen LogP) is -2.22. The normalized spacial score (nSPS) is 31.1. The summed E-state index contributed by atoms with van der Waals surface area (Å²) in [6, 6.07) is 4.27. The predicted molar refractivity (Wildman–Crippen MR) is 105 cm³/mol. The molecule has 0 radical (unpaired) electrons. The lowest BCUT2D eigenvalue weighted by Gasteiger charge is -2.29. The second kappa shape index (κ2) is 8.68. The first-order valence-electron chi connectivity index (χ1n) is 8.59. The Kier molecular flexibility index (Phi) is 6.83. The molecule has 1 aliphatic rings. The maximum absolute atomic E-state index is 12.0. The van der Waals surface area contributed by atoms with E-state index in [2.05, 4.69) is 23.2 Å². The molecule has 0 saturated carbocycles. The van der Waals surface area contributed by atoms with Crippen LogP contribution in [0.15, 0.2) is 18.5 Å². The number of aliphatic hydroxyl groups is 2. The summed E-state index contributed by atoms with van der Waals surface area (Å²) in [5.74, 6) is -0.00551. The number of rotatable bonds is 8. The Hall–Kier alpha value is -1.84. The van der Waals surface area contributed by atoms with Gasteiger partial charge in [-0.1, -0.05) is 0 Å². The molecule has 3 heterocycles. The van der Waals surface area contributed by atoms with Crippen molar-refractivity contribution < 1.29 is 61.4 Å². The average Bonchev–Trinajstić information content (AvgIpc) is 3.20. The van der Waals surface area contributed by atoms with Crippen molar-refractivity contribution in [1.29, 1.82) is 5.26 Å². The van der Waals surface area contributed by atoms with E-state index in [1.165, 1.54) is 12.1 Å². The average molecular weight is 546 g/mol. The molecule has 188 valence electrons. The minimum Gasteiger partial charge on any atom is -0.386 e. The Morgan fingerprint density at radius 1 is 1.15 bits per heavy atom. The number of anilines is 1. The molecule has 19 nitrogen and oxygen atoms in total. The molecule has 3 rings (SSSR count). The number of fused-ring (bicyclic) bond motifs is 1. The minimum absolute atomic E-state index is 0.00551. The van der Waals surface area contributed by atoms with Crippen molar-refractivity contribution >= 4 is 34.8 Å². The quantitative estimate of drug-likeness (QED) is 0.162. The highest BCUT2D eigenvalue weighted by Gasteiger charge is 2.64. The van der Waals surface area contributed by atoms with E-state index >= 15 is 0 Å². The van der Waals surface area contributed by atoms with Crippen molar-refractivity contribution in [3.05, 3.63) is 24.2 Å². The van der Waals surface area contributed by atoms with E-state index in [0.29, 0.717) is 0 Å². The van der Waals surface area contributed by atoms with Crippen LogP contribution < -0.4 is 11.5 Å². The zero-order valence-electron chi connectivity index (χ0n) is 16.4. The molecule has 0 bridgehead atoms. The largest absolute Gasteiger partial charge is 0.490 e. The number of aromatic nitrogens is 3. The fraction of sp³-hybridized carbons (Fsp3) is 0.417. The van der Waals surface area contributed by atoms with Crippen LogP contribution in [0.5, 0.6) is 0 Å². The van der Waals surface area contributed by atoms with Crippen molar-refractivity contribution in [2.45, 2.75) is 23.5 Å². The molecule has 2 unspecified atom stereocenters. The summed E-state index contributed by atoms with van der Waals surface area (Å²) >= 11 is 0. The van der Waals surface area contributed by atoms with Crippen molar-refractivity contribution in [2.75, 3.05) is 12.3 Å². The molecule has 2 aromatic rings. The van der Waals surface area contributed by atoms with Gasteiger partial charge in [0.1, 0.15) is 36.7 Å². The molecule has 22 heteroatoms.